The summed E-state index contributed by atoms with van der Waals surface area (Å²) in [5.41, 5.74) is 1.71. The minimum atomic E-state index is -0.827. The lowest BCUT2D eigenvalue weighted by Gasteiger charge is -2.44. The smallest absolute Gasteiger partial charge is 0.330 e. The first-order valence-electron chi connectivity index (χ1n) is 13.0. The van der Waals surface area contributed by atoms with Crippen molar-refractivity contribution in [3.8, 4) is 5.75 Å². The van der Waals surface area contributed by atoms with Crippen LogP contribution in [0.4, 0.5) is 5.69 Å². The van der Waals surface area contributed by atoms with Crippen molar-refractivity contribution in [2.45, 2.75) is 92.0 Å². The van der Waals surface area contributed by atoms with Crippen molar-refractivity contribution in [3.63, 3.8) is 0 Å². The van der Waals surface area contributed by atoms with E-state index < -0.39 is 11.1 Å². The van der Waals surface area contributed by atoms with Crippen molar-refractivity contribution in [2.24, 2.45) is 0 Å². The van der Waals surface area contributed by atoms with Gasteiger partial charge in [-0.3, -0.25) is 14.6 Å². The van der Waals surface area contributed by atoms with Gasteiger partial charge in [0.25, 0.3) is 0 Å². The van der Waals surface area contributed by atoms with E-state index in [2.05, 4.69) is 42.0 Å². The fraction of sp³-hybridized carbons (Fsp3) is 0.714. The number of ether oxygens (including phenoxy) is 3. The Morgan fingerprint density at radius 2 is 1.69 bits per heavy atom. The maximum atomic E-state index is 12.3. The highest BCUT2D eigenvalue weighted by atomic mass is 16.6. The molecule has 8 nitrogen and oxygen atoms in total. The normalized spacial score (nSPS) is 19.6. The van der Waals surface area contributed by atoms with Crippen LogP contribution in [0, 0.1) is 6.92 Å². The van der Waals surface area contributed by atoms with Crippen LogP contribution in [0.15, 0.2) is 12.1 Å². The molecule has 0 unspecified atom stereocenters. The second-order valence-electron chi connectivity index (χ2n) is 11.4. The second kappa shape index (κ2) is 12.3. The third-order valence-corrected chi connectivity index (χ3v) is 6.51. The number of hydrogen-bond donors (Lipinski definition) is 1. The van der Waals surface area contributed by atoms with E-state index in [9.17, 15) is 9.59 Å². The zero-order valence-corrected chi connectivity index (χ0v) is 24.0. The molecule has 0 saturated carbocycles. The van der Waals surface area contributed by atoms with E-state index in [0.717, 1.165) is 48.6 Å². The van der Waals surface area contributed by atoms with Gasteiger partial charge in [0.05, 0.1) is 13.7 Å². The van der Waals surface area contributed by atoms with Crippen molar-refractivity contribution < 1.29 is 23.8 Å². The number of benzene rings is 1. The fourth-order valence-electron chi connectivity index (χ4n) is 4.68. The van der Waals surface area contributed by atoms with E-state index in [1.54, 1.807) is 0 Å². The summed E-state index contributed by atoms with van der Waals surface area (Å²) in [5.74, 6) is 0.393. The zero-order valence-electron chi connectivity index (χ0n) is 24.0. The first kappa shape index (κ1) is 29.9. The second-order valence-corrected chi connectivity index (χ2v) is 11.4. The molecule has 2 atom stereocenters. The molecular formula is C28H47N3O5. The monoisotopic (exact) mass is 505 g/mol. The Hall–Kier alpha value is -2.32. The van der Waals surface area contributed by atoms with Crippen LogP contribution in [0.1, 0.15) is 66.5 Å². The van der Waals surface area contributed by atoms with E-state index in [4.69, 9.17) is 14.2 Å². The molecule has 0 spiro atoms. The van der Waals surface area contributed by atoms with E-state index >= 15 is 0 Å². The lowest BCUT2D eigenvalue weighted by Crippen LogP contribution is -2.58. The van der Waals surface area contributed by atoms with Crippen molar-refractivity contribution in [2.75, 3.05) is 45.2 Å². The lowest BCUT2D eigenvalue weighted by molar-refractivity contribution is -0.158. The number of nitrogens with one attached hydrogen (secondary N) is 1. The van der Waals surface area contributed by atoms with E-state index in [1.807, 2.05) is 47.6 Å². The van der Waals surface area contributed by atoms with E-state index in [-0.39, 0.29) is 24.0 Å². The number of piperazine rings is 1. The number of hydrogen-bond acceptors (Lipinski definition) is 8. The predicted molar refractivity (Wildman–Crippen MR) is 144 cm³/mol. The molecule has 1 aromatic rings. The molecule has 8 heteroatoms. The van der Waals surface area contributed by atoms with Crippen molar-refractivity contribution in [1.29, 1.82) is 0 Å². The number of nitrogens with zero attached hydrogens (tertiary/aromatic N) is 2. The van der Waals surface area contributed by atoms with Crippen molar-refractivity contribution >= 4 is 17.6 Å². The summed E-state index contributed by atoms with van der Waals surface area (Å²) in [5, 5.41) is 3.31. The lowest BCUT2D eigenvalue weighted by atomic mass is 10.0. The van der Waals surface area contributed by atoms with Crippen LogP contribution in [-0.2, 0) is 25.5 Å². The molecule has 1 aliphatic heterocycles. The number of esters is 2. The number of methoxy groups -OCH3 is 1. The number of aryl methyl sites for hydroxylation is 2. The van der Waals surface area contributed by atoms with Gasteiger partial charge in [-0.2, -0.15) is 0 Å². The summed E-state index contributed by atoms with van der Waals surface area (Å²) < 4.78 is 16.7. The summed E-state index contributed by atoms with van der Waals surface area (Å²) in [7, 11) is 1.40. The van der Waals surface area contributed by atoms with Gasteiger partial charge in [0.2, 0.25) is 0 Å². The molecule has 0 bridgehead atoms. The van der Waals surface area contributed by atoms with Crippen LogP contribution in [0.2, 0.25) is 0 Å². The van der Waals surface area contributed by atoms with Gasteiger partial charge < -0.3 is 19.5 Å². The van der Waals surface area contributed by atoms with Gasteiger partial charge in [-0.15, -0.1) is 0 Å². The van der Waals surface area contributed by atoms with Crippen LogP contribution >= 0.6 is 0 Å². The molecule has 1 heterocycles. The van der Waals surface area contributed by atoms with Gasteiger partial charge in [0.15, 0.2) is 0 Å². The Morgan fingerprint density at radius 3 is 2.22 bits per heavy atom. The molecule has 1 N–H and O–H groups in total. The van der Waals surface area contributed by atoms with Crippen molar-refractivity contribution in [3.05, 3.63) is 23.3 Å². The van der Waals surface area contributed by atoms with E-state index in [0.29, 0.717) is 13.2 Å². The quantitative estimate of drug-likeness (QED) is 0.478. The standard InChI is InChI=1S/C28H47N3O5/c1-11-22-15-23(29-28(8,9)26(33)34-10)19(2)14-24(22)35-13-12-30-16-20(3)31(21(4)17-30)18-25(32)36-27(5,6)7/h14-15,20-21,29H,11-13,16-18H2,1-10H3/t20-,21+. The average molecular weight is 506 g/mol. The zero-order chi connectivity index (χ0) is 27.3. The largest absolute Gasteiger partial charge is 0.492 e. The third-order valence-electron chi connectivity index (χ3n) is 6.51. The Balaban J connectivity index is 1.95. The van der Waals surface area contributed by atoms with Crippen LogP contribution in [0.25, 0.3) is 0 Å². The molecule has 1 aliphatic rings. The summed E-state index contributed by atoms with van der Waals surface area (Å²) in [4.78, 5) is 29.1. The van der Waals surface area contributed by atoms with Crippen molar-refractivity contribution in [1.82, 2.24) is 9.80 Å². The van der Waals surface area contributed by atoms with Crippen LogP contribution in [0.5, 0.6) is 5.75 Å². The fourth-order valence-corrected chi connectivity index (χ4v) is 4.68. The molecule has 0 amide bonds. The molecule has 0 aliphatic carbocycles. The summed E-state index contributed by atoms with van der Waals surface area (Å²) in [6, 6.07) is 4.60. The van der Waals surface area contributed by atoms with Gasteiger partial charge in [-0.05, 0) is 85.1 Å². The number of carbonyl (C=O) groups excluding carboxylic acids is 2. The molecule has 36 heavy (non-hydrogen) atoms. The molecule has 1 fully saturated rings. The van der Waals surface area contributed by atoms with Gasteiger partial charge >= 0.3 is 11.9 Å². The molecule has 1 saturated heterocycles. The Labute approximate surface area is 217 Å². The Bertz CT molecular complexity index is 897. The highest BCUT2D eigenvalue weighted by Gasteiger charge is 2.32. The average Bonchev–Trinajstić information content (AvgIpc) is 2.76. The Morgan fingerprint density at radius 1 is 1.08 bits per heavy atom. The molecule has 0 aromatic heterocycles. The molecule has 204 valence electrons. The van der Waals surface area contributed by atoms with E-state index in [1.165, 1.54) is 7.11 Å². The molecule has 1 aromatic carbocycles. The maximum Gasteiger partial charge on any atom is 0.330 e. The maximum absolute atomic E-state index is 12.3. The van der Waals surface area contributed by atoms with Crippen LogP contribution in [-0.4, -0.2) is 84.9 Å². The molecule has 2 rings (SSSR count). The number of anilines is 1. The van der Waals surface area contributed by atoms with Crippen LogP contribution < -0.4 is 10.1 Å². The summed E-state index contributed by atoms with van der Waals surface area (Å²) in [6.45, 7) is 21.2. The highest BCUT2D eigenvalue weighted by Crippen LogP contribution is 2.30. The Kier molecular flexibility index (Phi) is 10.2. The van der Waals surface area contributed by atoms with Gasteiger partial charge in [0.1, 0.15) is 23.5 Å². The van der Waals surface area contributed by atoms with Gasteiger partial charge in [-0.1, -0.05) is 6.92 Å². The minimum Gasteiger partial charge on any atom is -0.492 e. The summed E-state index contributed by atoms with van der Waals surface area (Å²) >= 11 is 0. The SMILES string of the molecule is CCc1cc(NC(C)(C)C(=O)OC)c(C)cc1OCCN1C[C@@H](C)N(CC(=O)OC(C)(C)C)[C@@H](C)C1. The first-order chi connectivity index (χ1) is 16.7. The molecule has 0 radical (unpaired) electrons. The van der Waals surface area contributed by atoms with Crippen LogP contribution in [0.3, 0.4) is 0 Å². The minimum absolute atomic E-state index is 0.173. The topological polar surface area (TPSA) is 80.3 Å². The van der Waals surface area contributed by atoms with Gasteiger partial charge in [-0.25, -0.2) is 4.79 Å². The molecular weight excluding hydrogens is 458 g/mol. The third kappa shape index (κ3) is 8.37. The van der Waals surface area contributed by atoms with Gasteiger partial charge in [0, 0.05) is 37.4 Å². The summed E-state index contributed by atoms with van der Waals surface area (Å²) in [6.07, 6.45) is 0.820. The first-order valence-corrected chi connectivity index (χ1v) is 13.0. The predicted octanol–water partition coefficient (Wildman–Crippen LogP) is 4.04. The number of rotatable bonds is 10. The highest BCUT2D eigenvalue weighted by molar-refractivity contribution is 5.84. The number of carbonyl (C=O) groups is 2.